The number of hydrogen-bond donors (Lipinski definition) is 1. The highest BCUT2D eigenvalue weighted by atomic mass is 14.9. The van der Waals surface area contributed by atoms with Gasteiger partial charge in [-0.05, 0) is 44.6 Å². The molecule has 94 valence electrons. The lowest BCUT2D eigenvalue weighted by Crippen LogP contribution is -2.34. The molecule has 1 aliphatic rings. The molecule has 2 unspecified atom stereocenters. The van der Waals surface area contributed by atoms with Crippen molar-refractivity contribution in [1.82, 2.24) is 5.32 Å². The maximum atomic E-state index is 4.02. The molecule has 16 heavy (non-hydrogen) atoms. The predicted octanol–water partition coefficient (Wildman–Crippen LogP) is 4.15. The van der Waals surface area contributed by atoms with Crippen LogP contribution in [0.3, 0.4) is 0 Å². The standard InChI is InChI=1S/C15H29N/c1-12(2)9-10-14-7-5-6-8-15(14)11-16-13(3)4/h13-16H,1,5-11H2,2-4H3. The molecule has 0 radical (unpaired) electrons. The van der Waals surface area contributed by atoms with Crippen LogP contribution in [-0.2, 0) is 0 Å². The van der Waals surface area contributed by atoms with E-state index in [0.717, 1.165) is 11.8 Å². The summed E-state index contributed by atoms with van der Waals surface area (Å²) in [6, 6.07) is 0.628. The summed E-state index contributed by atoms with van der Waals surface area (Å²) in [5.74, 6) is 1.85. The first-order chi connectivity index (χ1) is 7.59. The second-order valence-corrected chi connectivity index (χ2v) is 5.86. The Kier molecular flexibility index (Phi) is 6.12. The van der Waals surface area contributed by atoms with Gasteiger partial charge in [0.2, 0.25) is 0 Å². The van der Waals surface area contributed by atoms with Crippen LogP contribution in [0, 0.1) is 11.8 Å². The van der Waals surface area contributed by atoms with Crippen LogP contribution in [0.15, 0.2) is 12.2 Å². The highest BCUT2D eigenvalue weighted by Gasteiger charge is 2.24. The lowest BCUT2D eigenvalue weighted by molar-refractivity contribution is 0.214. The summed E-state index contributed by atoms with van der Waals surface area (Å²) < 4.78 is 0. The minimum absolute atomic E-state index is 0.628. The first-order valence-corrected chi connectivity index (χ1v) is 6.97. The van der Waals surface area contributed by atoms with E-state index in [4.69, 9.17) is 0 Å². The second-order valence-electron chi connectivity index (χ2n) is 5.86. The third kappa shape index (κ3) is 5.16. The van der Waals surface area contributed by atoms with E-state index in [1.807, 2.05) is 0 Å². The van der Waals surface area contributed by atoms with E-state index >= 15 is 0 Å². The van der Waals surface area contributed by atoms with E-state index < -0.39 is 0 Å². The maximum Gasteiger partial charge on any atom is 0.00104 e. The Bertz CT molecular complexity index is 207. The van der Waals surface area contributed by atoms with Crippen molar-refractivity contribution < 1.29 is 0 Å². The third-order valence-corrected chi connectivity index (χ3v) is 3.80. The molecule has 1 nitrogen and oxygen atoms in total. The summed E-state index contributed by atoms with van der Waals surface area (Å²) in [6.07, 6.45) is 8.34. The van der Waals surface area contributed by atoms with E-state index in [0.29, 0.717) is 6.04 Å². The molecule has 1 fully saturated rings. The molecule has 1 rings (SSSR count). The van der Waals surface area contributed by atoms with Crippen molar-refractivity contribution in [2.24, 2.45) is 11.8 Å². The molecular formula is C15H29N. The van der Waals surface area contributed by atoms with Crippen LogP contribution >= 0.6 is 0 Å². The first kappa shape index (κ1) is 13.8. The zero-order valence-corrected chi connectivity index (χ0v) is 11.4. The molecule has 1 N–H and O–H groups in total. The van der Waals surface area contributed by atoms with Gasteiger partial charge in [-0.25, -0.2) is 0 Å². The van der Waals surface area contributed by atoms with Crippen molar-refractivity contribution in [3.63, 3.8) is 0 Å². The van der Waals surface area contributed by atoms with Gasteiger partial charge in [-0.1, -0.05) is 38.7 Å². The molecule has 0 spiro atoms. The van der Waals surface area contributed by atoms with Crippen molar-refractivity contribution in [2.75, 3.05) is 6.54 Å². The van der Waals surface area contributed by atoms with Crippen LogP contribution in [-0.4, -0.2) is 12.6 Å². The third-order valence-electron chi connectivity index (χ3n) is 3.80. The van der Waals surface area contributed by atoms with E-state index in [9.17, 15) is 0 Å². The number of allylic oxidation sites excluding steroid dienone is 1. The fourth-order valence-corrected chi connectivity index (χ4v) is 2.75. The van der Waals surface area contributed by atoms with Gasteiger partial charge >= 0.3 is 0 Å². The fraction of sp³-hybridized carbons (Fsp3) is 0.867. The summed E-state index contributed by atoms with van der Waals surface area (Å²) >= 11 is 0. The Labute approximate surface area is 102 Å². The summed E-state index contributed by atoms with van der Waals surface area (Å²) in [7, 11) is 0. The van der Waals surface area contributed by atoms with Crippen molar-refractivity contribution in [2.45, 2.75) is 65.3 Å². The minimum Gasteiger partial charge on any atom is -0.314 e. The number of hydrogen-bond acceptors (Lipinski definition) is 1. The van der Waals surface area contributed by atoms with Crippen LogP contribution in [0.25, 0.3) is 0 Å². The molecule has 0 amide bonds. The quantitative estimate of drug-likeness (QED) is 0.667. The molecular weight excluding hydrogens is 194 g/mol. The molecule has 1 heteroatoms. The SMILES string of the molecule is C=C(C)CCC1CCCCC1CNC(C)C. The molecule has 0 saturated heterocycles. The van der Waals surface area contributed by atoms with E-state index in [2.05, 4.69) is 32.7 Å². The highest BCUT2D eigenvalue weighted by molar-refractivity contribution is 4.90. The number of nitrogens with one attached hydrogen (secondary N) is 1. The van der Waals surface area contributed by atoms with Gasteiger partial charge in [0.15, 0.2) is 0 Å². The van der Waals surface area contributed by atoms with Gasteiger partial charge < -0.3 is 5.32 Å². The van der Waals surface area contributed by atoms with Crippen molar-refractivity contribution >= 4 is 0 Å². The largest absolute Gasteiger partial charge is 0.314 e. The topological polar surface area (TPSA) is 12.0 Å². The molecule has 1 saturated carbocycles. The molecule has 2 atom stereocenters. The van der Waals surface area contributed by atoms with Gasteiger partial charge in [-0.2, -0.15) is 0 Å². The average molecular weight is 223 g/mol. The summed E-state index contributed by atoms with van der Waals surface area (Å²) in [5, 5.41) is 3.61. The normalized spacial score (nSPS) is 26.0. The van der Waals surface area contributed by atoms with Crippen LogP contribution in [0.5, 0.6) is 0 Å². The second kappa shape index (κ2) is 7.11. The van der Waals surface area contributed by atoms with Crippen LogP contribution < -0.4 is 5.32 Å². The van der Waals surface area contributed by atoms with Gasteiger partial charge in [0, 0.05) is 6.04 Å². The molecule has 0 aromatic rings. The Hall–Kier alpha value is -0.300. The predicted molar refractivity (Wildman–Crippen MR) is 72.6 cm³/mol. The first-order valence-electron chi connectivity index (χ1n) is 6.97. The molecule has 0 aliphatic heterocycles. The van der Waals surface area contributed by atoms with Crippen molar-refractivity contribution in [3.8, 4) is 0 Å². The molecule has 0 heterocycles. The number of rotatable bonds is 6. The Balaban J connectivity index is 2.34. The van der Waals surface area contributed by atoms with Crippen LogP contribution in [0.1, 0.15) is 59.3 Å². The Morgan fingerprint density at radius 1 is 1.25 bits per heavy atom. The molecule has 1 aliphatic carbocycles. The van der Waals surface area contributed by atoms with Gasteiger partial charge in [-0.3, -0.25) is 0 Å². The van der Waals surface area contributed by atoms with Gasteiger partial charge in [0.1, 0.15) is 0 Å². The van der Waals surface area contributed by atoms with E-state index in [1.54, 1.807) is 0 Å². The lowest BCUT2D eigenvalue weighted by atomic mass is 9.76. The summed E-state index contributed by atoms with van der Waals surface area (Å²) in [6.45, 7) is 11.9. The van der Waals surface area contributed by atoms with Gasteiger partial charge in [-0.15, -0.1) is 6.58 Å². The average Bonchev–Trinajstić information content (AvgIpc) is 2.24. The van der Waals surface area contributed by atoms with Crippen molar-refractivity contribution in [1.29, 1.82) is 0 Å². The van der Waals surface area contributed by atoms with Gasteiger partial charge in [0.25, 0.3) is 0 Å². The smallest absolute Gasteiger partial charge is 0.00104 e. The summed E-state index contributed by atoms with van der Waals surface area (Å²) in [4.78, 5) is 0. The van der Waals surface area contributed by atoms with Gasteiger partial charge in [0.05, 0.1) is 0 Å². The van der Waals surface area contributed by atoms with Crippen LogP contribution in [0.2, 0.25) is 0 Å². The Morgan fingerprint density at radius 3 is 2.44 bits per heavy atom. The highest BCUT2D eigenvalue weighted by Crippen LogP contribution is 2.33. The molecule has 0 aromatic carbocycles. The van der Waals surface area contributed by atoms with Crippen LogP contribution in [0.4, 0.5) is 0 Å². The fourth-order valence-electron chi connectivity index (χ4n) is 2.75. The summed E-state index contributed by atoms with van der Waals surface area (Å²) in [5.41, 5.74) is 1.35. The maximum absolute atomic E-state index is 4.02. The zero-order chi connectivity index (χ0) is 12.0. The lowest BCUT2D eigenvalue weighted by Gasteiger charge is -2.32. The van der Waals surface area contributed by atoms with E-state index in [-0.39, 0.29) is 0 Å². The van der Waals surface area contributed by atoms with E-state index in [1.165, 1.54) is 50.6 Å². The minimum atomic E-state index is 0.628. The zero-order valence-electron chi connectivity index (χ0n) is 11.4. The molecule has 0 aromatic heterocycles. The van der Waals surface area contributed by atoms with Crippen molar-refractivity contribution in [3.05, 3.63) is 12.2 Å². The molecule has 0 bridgehead atoms. The Morgan fingerprint density at radius 2 is 1.88 bits per heavy atom. The monoisotopic (exact) mass is 223 g/mol.